The molecular weight excluding hydrogens is 224 g/mol. The van der Waals surface area contributed by atoms with Crippen LogP contribution in [-0.4, -0.2) is 17.1 Å². The van der Waals surface area contributed by atoms with Crippen LogP contribution in [0.1, 0.15) is 32.6 Å². The zero-order valence-electron chi connectivity index (χ0n) is 7.63. The smallest absolute Gasteiger partial charge is 0.300 e. The Morgan fingerprint density at radius 1 is 1.21 bits per heavy atom. The molecule has 14 heavy (non-hydrogen) atoms. The van der Waals surface area contributed by atoms with Gasteiger partial charge in [-0.2, -0.15) is 17.6 Å². The van der Waals surface area contributed by atoms with Gasteiger partial charge in [-0.25, -0.2) is 0 Å². The second-order valence-corrected chi connectivity index (χ2v) is 3.59. The minimum absolute atomic E-state index is 0.129. The third-order valence-electron chi connectivity index (χ3n) is 1.68. The molecule has 0 spiro atoms. The topological polar surface area (TPSA) is 17.1 Å². The van der Waals surface area contributed by atoms with Gasteiger partial charge in [0.05, 0.1) is 0 Å². The Morgan fingerprint density at radius 3 is 2.07 bits per heavy atom. The molecule has 0 saturated carbocycles. The van der Waals surface area contributed by atoms with E-state index in [0.717, 1.165) is 0 Å². The standard InChI is InChI=1S/C8H11ClF4O/c1-6(14)4-2-3-5-7(10,11)8(9,12)13/h2-5H2,1H3. The average molecular weight is 235 g/mol. The summed E-state index contributed by atoms with van der Waals surface area (Å²) < 4.78 is 49.0. The summed E-state index contributed by atoms with van der Waals surface area (Å²) in [7, 11) is 0. The van der Waals surface area contributed by atoms with Crippen LogP contribution in [-0.2, 0) is 4.79 Å². The maximum atomic E-state index is 12.5. The van der Waals surface area contributed by atoms with Gasteiger partial charge < -0.3 is 4.79 Å². The normalized spacial score (nSPS) is 13.0. The molecular formula is C8H11ClF4O. The Hall–Kier alpha value is -0.320. The minimum Gasteiger partial charge on any atom is -0.300 e. The Kier molecular flexibility index (Phi) is 4.84. The maximum absolute atomic E-state index is 12.5. The zero-order chi connectivity index (χ0) is 11.4. The largest absolute Gasteiger partial charge is 0.384 e. The lowest BCUT2D eigenvalue weighted by Crippen LogP contribution is -2.35. The summed E-state index contributed by atoms with van der Waals surface area (Å²) in [5.41, 5.74) is 0. The molecule has 0 heterocycles. The first-order valence-corrected chi connectivity index (χ1v) is 4.48. The van der Waals surface area contributed by atoms with Crippen molar-refractivity contribution in [2.75, 3.05) is 0 Å². The lowest BCUT2D eigenvalue weighted by Gasteiger charge is -2.20. The van der Waals surface area contributed by atoms with Crippen LogP contribution < -0.4 is 0 Å². The van der Waals surface area contributed by atoms with Gasteiger partial charge in [0.25, 0.3) is 0 Å². The number of carbonyl (C=O) groups is 1. The molecule has 0 amide bonds. The van der Waals surface area contributed by atoms with Gasteiger partial charge in [0.2, 0.25) is 0 Å². The molecule has 0 aromatic heterocycles. The van der Waals surface area contributed by atoms with E-state index >= 15 is 0 Å². The van der Waals surface area contributed by atoms with E-state index in [-0.39, 0.29) is 25.0 Å². The van der Waals surface area contributed by atoms with E-state index in [1.807, 2.05) is 0 Å². The predicted octanol–water partition coefficient (Wildman–Crippen LogP) is 3.60. The number of rotatable bonds is 6. The minimum atomic E-state index is -4.51. The first-order valence-electron chi connectivity index (χ1n) is 4.11. The number of hydrogen-bond acceptors (Lipinski definition) is 1. The number of Topliss-reactive ketones (excluding diaryl/α,β-unsaturated/α-hetero) is 1. The van der Waals surface area contributed by atoms with Gasteiger partial charge >= 0.3 is 11.3 Å². The fraction of sp³-hybridized carbons (Fsp3) is 0.875. The van der Waals surface area contributed by atoms with E-state index in [1.165, 1.54) is 6.92 Å². The van der Waals surface area contributed by atoms with E-state index in [9.17, 15) is 22.4 Å². The lowest BCUT2D eigenvalue weighted by atomic mass is 10.1. The van der Waals surface area contributed by atoms with Crippen molar-refractivity contribution < 1.29 is 22.4 Å². The third-order valence-corrected chi connectivity index (χ3v) is 1.96. The van der Waals surface area contributed by atoms with Gasteiger partial charge in [-0.05, 0) is 31.4 Å². The highest BCUT2D eigenvalue weighted by atomic mass is 35.5. The van der Waals surface area contributed by atoms with E-state index in [2.05, 4.69) is 11.6 Å². The Bertz CT molecular complexity index is 200. The van der Waals surface area contributed by atoms with E-state index in [4.69, 9.17) is 0 Å². The van der Waals surface area contributed by atoms with E-state index in [0.29, 0.717) is 0 Å². The Labute approximate surface area is 84.4 Å². The van der Waals surface area contributed by atoms with Crippen LogP contribution >= 0.6 is 11.6 Å². The molecule has 0 saturated heterocycles. The number of ketones is 1. The second kappa shape index (κ2) is 4.96. The molecule has 0 aromatic carbocycles. The summed E-state index contributed by atoms with van der Waals surface area (Å²) >= 11 is 4.22. The highest BCUT2D eigenvalue weighted by Gasteiger charge is 2.53. The molecule has 0 fully saturated rings. The molecule has 0 aliphatic heterocycles. The first-order chi connectivity index (χ1) is 6.17. The molecule has 0 atom stereocenters. The van der Waals surface area contributed by atoms with E-state index < -0.39 is 17.7 Å². The van der Waals surface area contributed by atoms with Crippen LogP contribution in [0.15, 0.2) is 0 Å². The highest BCUT2D eigenvalue weighted by molar-refractivity contribution is 6.22. The predicted molar refractivity (Wildman–Crippen MR) is 44.9 cm³/mol. The van der Waals surface area contributed by atoms with Crippen molar-refractivity contribution in [1.29, 1.82) is 0 Å². The number of alkyl halides is 5. The SMILES string of the molecule is CC(=O)CCCCC(F)(F)C(F)(F)Cl. The Morgan fingerprint density at radius 2 is 1.71 bits per heavy atom. The fourth-order valence-corrected chi connectivity index (χ4v) is 0.957. The van der Waals surface area contributed by atoms with Crippen molar-refractivity contribution in [3.05, 3.63) is 0 Å². The van der Waals surface area contributed by atoms with Crippen molar-refractivity contribution in [3.63, 3.8) is 0 Å². The van der Waals surface area contributed by atoms with Crippen LogP contribution in [0.5, 0.6) is 0 Å². The van der Waals surface area contributed by atoms with Crippen molar-refractivity contribution in [2.24, 2.45) is 0 Å². The molecule has 84 valence electrons. The zero-order valence-corrected chi connectivity index (χ0v) is 8.38. The number of hydrogen-bond donors (Lipinski definition) is 0. The summed E-state index contributed by atoms with van der Waals surface area (Å²) in [6.07, 6.45) is -0.840. The highest BCUT2D eigenvalue weighted by Crippen LogP contribution is 2.41. The van der Waals surface area contributed by atoms with Crippen LogP contribution in [0.25, 0.3) is 0 Å². The van der Waals surface area contributed by atoms with Gasteiger partial charge in [-0.15, -0.1) is 0 Å². The lowest BCUT2D eigenvalue weighted by molar-refractivity contribution is -0.161. The summed E-state index contributed by atoms with van der Waals surface area (Å²) in [5, 5.41) is -4.51. The molecule has 0 aliphatic carbocycles. The number of unbranched alkanes of at least 4 members (excludes halogenated alkanes) is 1. The van der Waals surface area contributed by atoms with Gasteiger partial charge in [-0.1, -0.05) is 0 Å². The first kappa shape index (κ1) is 13.7. The average Bonchev–Trinajstić information content (AvgIpc) is 1.95. The summed E-state index contributed by atoms with van der Waals surface area (Å²) in [6.45, 7) is 1.31. The molecule has 6 heteroatoms. The van der Waals surface area contributed by atoms with Crippen LogP contribution in [0, 0.1) is 0 Å². The van der Waals surface area contributed by atoms with Crippen molar-refractivity contribution in [2.45, 2.75) is 43.9 Å². The molecule has 0 rings (SSSR count). The van der Waals surface area contributed by atoms with Crippen LogP contribution in [0.4, 0.5) is 17.6 Å². The second-order valence-electron chi connectivity index (χ2n) is 3.11. The van der Waals surface area contributed by atoms with Crippen molar-refractivity contribution >= 4 is 17.4 Å². The van der Waals surface area contributed by atoms with E-state index in [1.54, 1.807) is 0 Å². The molecule has 0 aromatic rings. The van der Waals surface area contributed by atoms with Gasteiger partial charge in [0.1, 0.15) is 5.78 Å². The van der Waals surface area contributed by atoms with Crippen LogP contribution in [0.2, 0.25) is 0 Å². The van der Waals surface area contributed by atoms with Crippen molar-refractivity contribution in [3.8, 4) is 0 Å². The van der Waals surface area contributed by atoms with Gasteiger partial charge in [0, 0.05) is 12.8 Å². The molecule has 0 unspecified atom stereocenters. The monoisotopic (exact) mass is 234 g/mol. The fourth-order valence-electron chi connectivity index (χ4n) is 0.863. The quantitative estimate of drug-likeness (QED) is 0.390. The number of halogens is 5. The maximum Gasteiger partial charge on any atom is 0.384 e. The molecule has 0 aliphatic rings. The Balaban J connectivity index is 3.83. The molecule has 0 radical (unpaired) electrons. The summed E-state index contributed by atoms with van der Waals surface area (Å²) in [5.74, 6) is -4.35. The number of carbonyl (C=O) groups excluding carboxylic acids is 1. The van der Waals surface area contributed by atoms with Gasteiger partial charge in [-0.3, -0.25) is 0 Å². The van der Waals surface area contributed by atoms with Crippen molar-refractivity contribution in [1.82, 2.24) is 0 Å². The summed E-state index contributed by atoms with van der Waals surface area (Å²) in [6, 6.07) is 0. The van der Waals surface area contributed by atoms with Gasteiger partial charge in [0.15, 0.2) is 0 Å². The third kappa shape index (κ3) is 4.79. The molecule has 0 N–H and O–H groups in total. The molecule has 1 nitrogen and oxygen atoms in total. The molecule has 0 bridgehead atoms. The summed E-state index contributed by atoms with van der Waals surface area (Å²) in [4.78, 5) is 10.4. The van der Waals surface area contributed by atoms with Crippen LogP contribution in [0.3, 0.4) is 0 Å².